The maximum absolute atomic E-state index is 13.7. The molecular formula is C25H19Cl2FN2O2S. The van der Waals surface area contributed by atoms with Crippen LogP contribution in [0.25, 0.3) is 6.08 Å². The Morgan fingerprint density at radius 1 is 1.09 bits per heavy atom. The van der Waals surface area contributed by atoms with Crippen LogP contribution in [0.3, 0.4) is 0 Å². The number of thiazole rings is 1. The molecule has 0 fully saturated rings. The molecule has 1 aliphatic heterocycles. The zero-order valence-electron chi connectivity index (χ0n) is 17.9. The van der Waals surface area contributed by atoms with E-state index in [9.17, 15) is 14.0 Å². The van der Waals surface area contributed by atoms with Gasteiger partial charge in [-0.3, -0.25) is 14.2 Å². The number of fused-ring (bicyclic) bond motifs is 1. The van der Waals surface area contributed by atoms with Crippen LogP contribution in [0, 0.1) is 11.2 Å². The molecule has 1 aliphatic carbocycles. The predicted octanol–water partition coefficient (Wildman–Crippen LogP) is 5.05. The lowest BCUT2D eigenvalue weighted by Gasteiger charge is -2.35. The van der Waals surface area contributed by atoms with Crippen molar-refractivity contribution in [1.82, 2.24) is 4.57 Å². The maximum atomic E-state index is 13.7. The number of aromatic nitrogens is 1. The van der Waals surface area contributed by atoms with Crippen LogP contribution in [0.5, 0.6) is 0 Å². The lowest BCUT2D eigenvalue weighted by atomic mass is 9.73. The number of carbonyl (C=O) groups is 1. The van der Waals surface area contributed by atoms with Crippen molar-refractivity contribution in [3.63, 3.8) is 0 Å². The first-order chi connectivity index (χ1) is 15.6. The monoisotopic (exact) mass is 500 g/mol. The summed E-state index contributed by atoms with van der Waals surface area (Å²) in [6, 6.07) is 10.4. The average Bonchev–Trinajstić information content (AvgIpc) is 3.04. The molecule has 0 spiro atoms. The Bertz CT molecular complexity index is 1520. The number of hydrogen-bond donors (Lipinski definition) is 0. The van der Waals surface area contributed by atoms with Gasteiger partial charge in [-0.2, -0.15) is 0 Å². The van der Waals surface area contributed by atoms with Gasteiger partial charge in [-0.25, -0.2) is 9.38 Å². The fourth-order valence-electron chi connectivity index (χ4n) is 4.46. The minimum atomic E-state index is -0.642. The van der Waals surface area contributed by atoms with Gasteiger partial charge in [0.25, 0.3) is 5.56 Å². The molecule has 33 heavy (non-hydrogen) atoms. The largest absolute Gasteiger partial charge is 0.294 e. The second-order valence-corrected chi connectivity index (χ2v) is 10.9. The summed E-state index contributed by atoms with van der Waals surface area (Å²) in [5.41, 5.74) is 2.15. The van der Waals surface area contributed by atoms with Gasteiger partial charge in [0.2, 0.25) is 0 Å². The summed E-state index contributed by atoms with van der Waals surface area (Å²) >= 11 is 13.4. The van der Waals surface area contributed by atoms with Crippen LogP contribution >= 0.6 is 34.5 Å². The maximum Gasteiger partial charge on any atom is 0.271 e. The zero-order chi connectivity index (χ0) is 23.5. The van der Waals surface area contributed by atoms with Crippen LogP contribution in [-0.4, -0.2) is 10.4 Å². The van der Waals surface area contributed by atoms with Crippen molar-refractivity contribution in [2.45, 2.75) is 32.7 Å². The van der Waals surface area contributed by atoms with E-state index in [1.54, 1.807) is 41.0 Å². The summed E-state index contributed by atoms with van der Waals surface area (Å²) < 4.78 is 15.7. The van der Waals surface area contributed by atoms with Crippen LogP contribution in [0.4, 0.5) is 4.39 Å². The van der Waals surface area contributed by atoms with Gasteiger partial charge >= 0.3 is 0 Å². The Morgan fingerprint density at radius 3 is 2.52 bits per heavy atom. The van der Waals surface area contributed by atoms with Gasteiger partial charge in [-0.05, 0) is 53.3 Å². The second kappa shape index (κ2) is 8.05. The van der Waals surface area contributed by atoms with Gasteiger partial charge in [0.05, 0.1) is 26.3 Å². The van der Waals surface area contributed by atoms with Crippen molar-refractivity contribution >= 4 is 46.4 Å². The van der Waals surface area contributed by atoms with Crippen molar-refractivity contribution in [1.29, 1.82) is 0 Å². The lowest BCUT2D eigenvalue weighted by molar-refractivity contribution is -0.118. The van der Waals surface area contributed by atoms with Gasteiger partial charge in [0.1, 0.15) is 5.82 Å². The minimum absolute atomic E-state index is 0.0295. The highest BCUT2D eigenvalue weighted by atomic mass is 35.5. The summed E-state index contributed by atoms with van der Waals surface area (Å²) in [5.74, 6) is -0.408. The van der Waals surface area contributed by atoms with E-state index >= 15 is 0 Å². The van der Waals surface area contributed by atoms with Gasteiger partial charge in [0, 0.05) is 12.0 Å². The Kier molecular flexibility index (Phi) is 5.43. The molecule has 168 valence electrons. The topological polar surface area (TPSA) is 51.4 Å². The molecule has 3 aromatic rings. The minimum Gasteiger partial charge on any atom is -0.294 e. The summed E-state index contributed by atoms with van der Waals surface area (Å²) in [6.45, 7) is 4.08. The van der Waals surface area contributed by atoms with E-state index in [1.165, 1.54) is 23.5 Å². The van der Waals surface area contributed by atoms with Crippen LogP contribution in [0.15, 0.2) is 63.5 Å². The van der Waals surface area contributed by atoms with Crippen molar-refractivity contribution in [2.24, 2.45) is 10.4 Å². The number of hydrogen-bond acceptors (Lipinski definition) is 4. The number of ketones is 1. The molecule has 8 heteroatoms. The molecule has 1 unspecified atom stereocenters. The molecule has 5 rings (SSSR count). The van der Waals surface area contributed by atoms with E-state index in [1.807, 2.05) is 13.8 Å². The first kappa shape index (κ1) is 22.3. The molecule has 0 bridgehead atoms. The van der Waals surface area contributed by atoms with E-state index in [4.69, 9.17) is 28.2 Å². The zero-order valence-corrected chi connectivity index (χ0v) is 20.2. The third-order valence-corrected chi connectivity index (χ3v) is 7.64. The number of Topliss-reactive ketones (excluding diaryl/α,β-unsaturated/α-hetero) is 1. The highest BCUT2D eigenvalue weighted by molar-refractivity contribution is 7.07. The van der Waals surface area contributed by atoms with E-state index in [2.05, 4.69) is 0 Å². The first-order valence-electron chi connectivity index (χ1n) is 10.4. The first-order valence-corrected chi connectivity index (χ1v) is 12.0. The quantitative estimate of drug-likeness (QED) is 0.494. The molecule has 1 atom stereocenters. The third kappa shape index (κ3) is 4.01. The Balaban J connectivity index is 1.76. The number of nitrogens with zero attached hydrogens (tertiary/aromatic N) is 2. The number of benzene rings is 2. The highest BCUT2D eigenvalue weighted by Crippen LogP contribution is 2.43. The predicted molar refractivity (Wildman–Crippen MR) is 129 cm³/mol. The molecule has 2 aromatic carbocycles. The van der Waals surface area contributed by atoms with Crippen LogP contribution in [-0.2, 0) is 4.79 Å². The summed E-state index contributed by atoms with van der Waals surface area (Å²) in [6.07, 6.45) is 2.74. The Hall–Kier alpha value is -2.54. The van der Waals surface area contributed by atoms with Gasteiger partial charge in [-0.15, -0.1) is 0 Å². The fourth-order valence-corrected chi connectivity index (χ4v) is 5.79. The van der Waals surface area contributed by atoms with Gasteiger partial charge < -0.3 is 0 Å². The molecule has 2 heterocycles. The molecule has 0 saturated carbocycles. The standard InChI is InChI=1S/C25H19Cl2FN2O2S/c1-25(2)11-18-21(19(31)12-25)22(14-4-6-15(28)7-5-14)30-23(32)20(33-24(30)29-18)10-13-3-8-16(26)17(27)9-13/h3-10,22H,11-12H2,1-2H3. The van der Waals surface area contributed by atoms with Crippen LogP contribution < -0.4 is 14.9 Å². The summed E-state index contributed by atoms with van der Waals surface area (Å²) in [5, 5.41) is 0.825. The molecular weight excluding hydrogens is 482 g/mol. The Morgan fingerprint density at radius 2 is 1.82 bits per heavy atom. The fraction of sp³-hybridized carbons (Fsp3) is 0.240. The van der Waals surface area contributed by atoms with Crippen molar-refractivity contribution in [3.8, 4) is 0 Å². The highest BCUT2D eigenvalue weighted by Gasteiger charge is 2.40. The van der Waals surface area contributed by atoms with Gasteiger partial charge in [-0.1, -0.05) is 66.6 Å². The second-order valence-electron chi connectivity index (χ2n) is 9.11. The number of halogens is 3. The molecule has 0 saturated heterocycles. The van der Waals surface area contributed by atoms with Crippen molar-refractivity contribution < 1.29 is 9.18 Å². The Labute approximate surface area is 203 Å². The van der Waals surface area contributed by atoms with E-state index in [0.717, 1.165) is 5.56 Å². The van der Waals surface area contributed by atoms with E-state index in [0.29, 0.717) is 49.1 Å². The summed E-state index contributed by atoms with van der Waals surface area (Å²) in [7, 11) is 0. The molecule has 4 nitrogen and oxygen atoms in total. The van der Waals surface area contributed by atoms with E-state index in [-0.39, 0.29) is 22.6 Å². The van der Waals surface area contributed by atoms with E-state index < -0.39 is 6.04 Å². The molecule has 2 aliphatic rings. The average molecular weight is 501 g/mol. The lowest BCUT2D eigenvalue weighted by Crippen LogP contribution is -2.42. The normalized spacial score (nSPS) is 19.8. The SMILES string of the molecule is CC1(C)CC(=O)C2=C(C1)N=c1sc(=Cc3ccc(Cl)c(Cl)c3)c(=O)n1C2c1ccc(F)cc1. The summed E-state index contributed by atoms with van der Waals surface area (Å²) in [4.78, 5) is 32.1. The molecule has 0 N–H and O–H groups in total. The van der Waals surface area contributed by atoms with Crippen molar-refractivity contribution in [3.05, 3.63) is 100 Å². The number of rotatable bonds is 2. The number of allylic oxidation sites excluding steroid dienone is 2. The molecule has 0 radical (unpaired) electrons. The van der Waals surface area contributed by atoms with Gasteiger partial charge in [0.15, 0.2) is 10.6 Å². The molecule has 1 aromatic heterocycles. The smallest absolute Gasteiger partial charge is 0.271 e. The van der Waals surface area contributed by atoms with Crippen LogP contribution in [0.1, 0.15) is 43.9 Å². The third-order valence-electron chi connectivity index (χ3n) is 5.92. The molecule has 0 amide bonds. The number of carbonyl (C=O) groups excluding carboxylic acids is 1. The van der Waals surface area contributed by atoms with Crippen LogP contribution in [0.2, 0.25) is 10.0 Å². The van der Waals surface area contributed by atoms with Crippen molar-refractivity contribution in [2.75, 3.05) is 0 Å².